The summed E-state index contributed by atoms with van der Waals surface area (Å²) in [6, 6.07) is 31.4. The number of hydrogen-bond donors (Lipinski definition) is 2. The van der Waals surface area contributed by atoms with Crippen LogP contribution in [0.5, 0.6) is 11.5 Å². The van der Waals surface area contributed by atoms with E-state index in [1.54, 1.807) is 0 Å². The number of benzene rings is 4. The fraction of sp³-hybridized carbons (Fsp3) is 0.172. The first-order valence-electron chi connectivity index (χ1n) is 11.2. The maximum absolute atomic E-state index is 9.03. The van der Waals surface area contributed by atoms with Crippen molar-refractivity contribution in [3.63, 3.8) is 0 Å². The van der Waals surface area contributed by atoms with Gasteiger partial charge < -0.3 is 19.7 Å². The second-order valence-corrected chi connectivity index (χ2v) is 8.02. The molecule has 0 heterocycles. The van der Waals surface area contributed by atoms with Crippen LogP contribution in [0.3, 0.4) is 0 Å². The Morgan fingerprint density at radius 2 is 1.15 bits per heavy atom. The topological polar surface area (TPSA) is 58.9 Å². The van der Waals surface area contributed by atoms with Crippen LogP contribution >= 0.6 is 0 Å². The van der Waals surface area contributed by atoms with Crippen LogP contribution in [-0.4, -0.2) is 36.6 Å². The maximum atomic E-state index is 9.03. The van der Waals surface area contributed by atoms with Gasteiger partial charge in [0.2, 0.25) is 0 Å². The normalized spacial score (nSPS) is 13.9. The number of aliphatic hydroxyl groups excluding tert-OH is 2. The highest BCUT2D eigenvalue weighted by Crippen LogP contribution is 2.51. The van der Waals surface area contributed by atoms with Gasteiger partial charge in [0, 0.05) is 5.92 Å². The molecule has 4 nitrogen and oxygen atoms in total. The first kappa shape index (κ1) is 21.3. The fourth-order valence-electron chi connectivity index (χ4n) is 4.67. The minimum absolute atomic E-state index is 0.00167. The molecule has 0 spiro atoms. The zero-order valence-electron chi connectivity index (χ0n) is 18.3. The zero-order valence-corrected chi connectivity index (χ0v) is 18.3. The van der Waals surface area contributed by atoms with E-state index in [2.05, 4.69) is 66.7 Å². The molecule has 1 atom stereocenters. The molecule has 0 saturated heterocycles. The minimum Gasteiger partial charge on any atom is -0.491 e. The summed E-state index contributed by atoms with van der Waals surface area (Å²) in [5, 5.41) is 18.0. The van der Waals surface area contributed by atoms with Crippen LogP contribution in [0.1, 0.15) is 22.6 Å². The van der Waals surface area contributed by atoms with E-state index in [-0.39, 0.29) is 32.3 Å². The van der Waals surface area contributed by atoms with E-state index in [0.717, 1.165) is 17.1 Å². The molecular formula is C29H26O4. The van der Waals surface area contributed by atoms with Crippen molar-refractivity contribution in [2.24, 2.45) is 0 Å². The Balaban J connectivity index is 1.59. The van der Waals surface area contributed by atoms with Crippen LogP contribution < -0.4 is 9.47 Å². The maximum Gasteiger partial charge on any atom is 0.119 e. The van der Waals surface area contributed by atoms with Crippen molar-refractivity contribution < 1.29 is 19.7 Å². The van der Waals surface area contributed by atoms with Crippen molar-refractivity contribution in [1.82, 2.24) is 0 Å². The number of aliphatic hydroxyl groups is 2. The van der Waals surface area contributed by atoms with Gasteiger partial charge in [-0.2, -0.15) is 0 Å². The van der Waals surface area contributed by atoms with Crippen LogP contribution in [-0.2, 0) is 0 Å². The van der Waals surface area contributed by atoms with E-state index in [9.17, 15) is 0 Å². The van der Waals surface area contributed by atoms with Crippen molar-refractivity contribution in [2.75, 3.05) is 26.4 Å². The predicted molar refractivity (Wildman–Crippen MR) is 130 cm³/mol. The highest BCUT2D eigenvalue weighted by Gasteiger charge is 2.32. The second kappa shape index (κ2) is 9.49. The molecule has 33 heavy (non-hydrogen) atoms. The van der Waals surface area contributed by atoms with Crippen molar-refractivity contribution >= 4 is 0 Å². The number of fused-ring (bicyclic) bond motifs is 3. The average molecular weight is 439 g/mol. The third kappa shape index (κ3) is 4.11. The van der Waals surface area contributed by atoms with Crippen molar-refractivity contribution in [3.05, 3.63) is 108 Å². The molecule has 166 valence electrons. The van der Waals surface area contributed by atoms with E-state index >= 15 is 0 Å². The lowest BCUT2D eigenvalue weighted by atomic mass is 9.85. The molecule has 2 N–H and O–H groups in total. The van der Waals surface area contributed by atoms with Gasteiger partial charge in [-0.25, -0.2) is 0 Å². The van der Waals surface area contributed by atoms with Crippen molar-refractivity contribution in [2.45, 2.75) is 5.92 Å². The van der Waals surface area contributed by atoms with Gasteiger partial charge in [0.05, 0.1) is 13.2 Å². The SMILES string of the molecule is OCCOc1ccc(-c2cccc3c2C(c2ccc(OCCO)cc2)c2ccccc2-3)cc1. The van der Waals surface area contributed by atoms with Gasteiger partial charge in [-0.1, -0.05) is 66.7 Å². The zero-order chi connectivity index (χ0) is 22.6. The molecule has 0 amide bonds. The van der Waals surface area contributed by atoms with Gasteiger partial charge >= 0.3 is 0 Å². The highest BCUT2D eigenvalue weighted by molar-refractivity contribution is 5.88. The highest BCUT2D eigenvalue weighted by atomic mass is 16.5. The molecule has 0 aliphatic heterocycles. The second-order valence-electron chi connectivity index (χ2n) is 8.02. The molecular weight excluding hydrogens is 412 g/mol. The molecule has 1 aliphatic rings. The fourth-order valence-corrected chi connectivity index (χ4v) is 4.67. The van der Waals surface area contributed by atoms with Gasteiger partial charge in [-0.15, -0.1) is 0 Å². The molecule has 5 rings (SSSR count). The minimum atomic E-state index is -0.00227. The summed E-state index contributed by atoms with van der Waals surface area (Å²) >= 11 is 0. The van der Waals surface area contributed by atoms with E-state index in [1.807, 2.05) is 24.3 Å². The molecule has 0 radical (unpaired) electrons. The van der Waals surface area contributed by atoms with Crippen LogP contribution in [0.25, 0.3) is 22.3 Å². The first-order valence-corrected chi connectivity index (χ1v) is 11.2. The van der Waals surface area contributed by atoms with Crippen LogP contribution in [0.4, 0.5) is 0 Å². The third-order valence-electron chi connectivity index (χ3n) is 6.06. The molecule has 1 aliphatic carbocycles. The summed E-state index contributed by atoms with van der Waals surface area (Å²) in [6.45, 7) is 0.572. The lowest BCUT2D eigenvalue weighted by Gasteiger charge is -2.19. The monoisotopic (exact) mass is 438 g/mol. The van der Waals surface area contributed by atoms with E-state index in [4.69, 9.17) is 19.7 Å². The van der Waals surface area contributed by atoms with Crippen LogP contribution in [0.2, 0.25) is 0 Å². The lowest BCUT2D eigenvalue weighted by molar-refractivity contribution is 0.201. The standard InChI is InChI=1S/C29H26O4/c30-16-18-32-22-12-8-20(9-13-22)24-6-3-7-27-25-4-1-2-5-26(25)28(29(24)27)21-10-14-23(15-11-21)33-19-17-31/h1-15,28,30-31H,16-19H2. The van der Waals surface area contributed by atoms with Gasteiger partial charge in [0.1, 0.15) is 24.7 Å². The molecule has 4 aromatic rings. The Labute approximate surface area is 193 Å². The Morgan fingerprint density at radius 1 is 0.576 bits per heavy atom. The molecule has 0 bridgehead atoms. The van der Waals surface area contributed by atoms with Crippen molar-refractivity contribution in [3.8, 4) is 33.8 Å². The van der Waals surface area contributed by atoms with Gasteiger partial charge in [-0.3, -0.25) is 0 Å². The van der Waals surface area contributed by atoms with E-state index in [0.29, 0.717) is 0 Å². The average Bonchev–Trinajstić information content (AvgIpc) is 3.21. The van der Waals surface area contributed by atoms with Gasteiger partial charge in [0.15, 0.2) is 0 Å². The summed E-state index contributed by atoms with van der Waals surface area (Å²) in [7, 11) is 0. The summed E-state index contributed by atoms with van der Waals surface area (Å²) in [4.78, 5) is 0. The van der Waals surface area contributed by atoms with Gasteiger partial charge in [0.25, 0.3) is 0 Å². The van der Waals surface area contributed by atoms with Crippen molar-refractivity contribution in [1.29, 1.82) is 0 Å². The first-order chi connectivity index (χ1) is 16.3. The Bertz CT molecular complexity index is 1230. The summed E-state index contributed by atoms with van der Waals surface area (Å²) in [6.07, 6.45) is 0. The Hall–Kier alpha value is -3.60. The Morgan fingerprint density at radius 3 is 1.82 bits per heavy atom. The lowest BCUT2D eigenvalue weighted by Crippen LogP contribution is -2.03. The van der Waals surface area contributed by atoms with Gasteiger partial charge in [-0.05, 0) is 63.2 Å². The molecule has 0 aromatic heterocycles. The third-order valence-corrected chi connectivity index (χ3v) is 6.06. The molecule has 0 saturated carbocycles. The van der Waals surface area contributed by atoms with Crippen LogP contribution in [0, 0.1) is 0 Å². The summed E-state index contributed by atoms with van der Waals surface area (Å²) in [5.74, 6) is 1.62. The molecule has 4 heteroatoms. The number of ether oxygens (including phenoxy) is 2. The molecule has 4 aromatic carbocycles. The smallest absolute Gasteiger partial charge is 0.119 e. The summed E-state index contributed by atoms with van der Waals surface area (Å²) < 4.78 is 11.1. The summed E-state index contributed by atoms with van der Waals surface area (Å²) in [5.41, 5.74) is 8.65. The van der Waals surface area contributed by atoms with Crippen LogP contribution in [0.15, 0.2) is 91.0 Å². The quantitative estimate of drug-likeness (QED) is 0.347. The van der Waals surface area contributed by atoms with E-state index < -0.39 is 0 Å². The predicted octanol–water partition coefficient (Wildman–Crippen LogP) is 5.26. The largest absolute Gasteiger partial charge is 0.491 e. The Kier molecular flexibility index (Phi) is 6.11. The molecule has 0 fully saturated rings. The number of rotatable bonds is 8. The molecule has 1 unspecified atom stereocenters. The van der Waals surface area contributed by atoms with E-state index in [1.165, 1.54) is 33.4 Å². The number of hydrogen-bond acceptors (Lipinski definition) is 4.